The summed E-state index contributed by atoms with van der Waals surface area (Å²) in [6.07, 6.45) is 3.46. The topological polar surface area (TPSA) is 206 Å². The second kappa shape index (κ2) is 20.1. The maximum absolute atomic E-state index is 13.9. The number of alkyl carbamates (subject to hydrolysis) is 2. The van der Waals surface area contributed by atoms with Crippen molar-refractivity contribution in [1.29, 1.82) is 0 Å². The maximum atomic E-state index is 13.9. The number of carbonyl (C=O) groups excluding carboxylic acids is 4. The normalized spacial score (nSPS) is 22.0. The van der Waals surface area contributed by atoms with E-state index in [0.29, 0.717) is 26.3 Å². The number of amides is 4. The van der Waals surface area contributed by atoms with Crippen LogP contribution in [0.5, 0.6) is 5.75 Å². The Morgan fingerprint density at radius 1 is 0.647 bits per heavy atom. The summed E-state index contributed by atoms with van der Waals surface area (Å²) in [6, 6.07) is 19.1. The molecule has 18 nitrogen and oxygen atoms in total. The summed E-state index contributed by atoms with van der Waals surface area (Å²) in [5.74, 6) is 1.62. The number of hydrogen-bond donors (Lipinski definition) is 4. The predicted octanol–water partition coefficient (Wildman–Crippen LogP) is 7.36. The number of carbonyl (C=O) groups is 4. The van der Waals surface area contributed by atoms with Crippen molar-refractivity contribution in [2.45, 2.75) is 109 Å². The zero-order valence-electron chi connectivity index (χ0n) is 39.7. The first kappa shape index (κ1) is 46.7. The second-order valence-electron chi connectivity index (χ2n) is 19.0. The minimum absolute atomic E-state index is 0.00222. The molecule has 3 aromatic carbocycles. The van der Waals surface area contributed by atoms with E-state index in [4.69, 9.17) is 33.7 Å². The highest BCUT2D eigenvalue weighted by molar-refractivity contribution is 5.87. The lowest BCUT2D eigenvalue weighted by atomic mass is 10.0. The lowest BCUT2D eigenvalue weighted by molar-refractivity contribution is -0.143. The molecule has 9 rings (SSSR count). The molecule has 4 aliphatic rings. The maximum Gasteiger partial charge on any atom is 0.407 e. The monoisotopic (exact) mass is 933 g/mol. The molecule has 5 aromatic rings. The number of aromatic amines is 2. The lowest BCUT2D eigenvalue weighted by Gasteiger charge is -2.33. The highest BCUT2D eigenvalue weighted by Gasteiger charge is 2.40. The fourth-order valence-electron chi connectivity index (χ4n) is 10.5. The van der Waals surface area contributed by atoms with Crippen LogP contribution in [0, 0.1) is 11.8 Å². The summed E-state index contributed by atoms with van der Waals surface area (Å²) in [7, 11) is 2.59. The fourth-order valence-corrected chi connectivity index (χ4v) is 10.5. The molecule has 0 bridgehead atoms. The Balaban J connectivity index is 1.00. The number of fused-ring (bicyclic) bond motifs is 2. The molecular formula is C50H63N9O9. The van der Waals surface area contributed by atoms with Gasteiger partial charge >= 0.3 is 12.2 Å². The van der Waals surface area contributed by atoms with Crippen LogP contribution in [0.15, 0.2) is 60.7 Å². The van der Waals surface area contributed by atoms with Crippen molar-refractivity contribution in [3.05, 3.63) is 83.4 Å². The Morgan fingerprint density at radius 2 is 1.12 bits per heavy atom. The first-order valence-electron chi connectivity index (χ1n) is 23.9. The number of nitrogens with one attached hydrogen (secondary N) is 4. The number of hydrogen-bond acceptors (Lipinski definition) is 12. The third-order valence-corrected chi connectivity index (χ3v) is 13.9. The average Bonchev–Trinajstić information content (AvgIpc) is 4.21. The van der Waals surface area contributed by atoms with Gasteiger partial charge in [-0.3, -0.25) is 9.59 Å². The van der Waals surface area contributed by atoms with E-state index in [1.165, 1.54) is 14.2 Å². The first-order chi connectivity index (χ1) is 32.9. The molecule has 0 saturated carbocycles. The molecule has 0 unspecified atom stereocenters. The van der Waals surface area contributed by atoms with Gasteiger partial charge in [-0.25, -0.2) is 19.6 Å². The first-order valence-corrected chi connectivity index (χ1v) is 23.9. The van der Waals surface area contributed by atoms with E-state index in [1.54, 1.807) is 0 Å². The largest absolute Gasteiger partial charge is 0.486 e. The standard InChI is InChI=1S/C50H63N9O9/c1-28(2)43(55-49(62)64-5)47(60)57-21-7-9-41(57)45-51-35-17-11-30(23-37(35)53-45)39-19-20-40(59(39)32-13-15-33(16-14-32)68-34-25-66-27-67-26-34)31-12-18-36-38(24-31)54-46(52-36)42-10-8-22-58(42)48(61)44(29(3)4)56-50(63)65-6/h11-18,23-24,28-29,34,39-44H,7-10,19-22,25-27H2,1-6H3,(H,51,53)(H,52,54)(H,55,62)(H,56,63)/t39-,40-,41+,42+,43+,44+/m1/s1. The van der Waals surface area contributed by atoms with Crippen molar-refractivity contribution in [2.75, 3.05) is 52.2 Å². The number of likely N-dealkylation sites (tertiary alicyclic amines) is 2. The Kier molecular flexibility index (Phi) is 13.8. The van der Waals surface area contributed by atoms with Gasteiger partial charge in [-0.05, 0) is 110 Å². The molecule has 2 aromatic heterocycles. The van der Waals surface area contributed by atoms with Crippen LogP contribution in [-0.4, -0.2) is 119 Å². The quantitative estimate of drug-likeness (QED) is 0.0914. The van der Waals surface area contributed by atoms with Crippen molar-refractivity contribution >= 4 is 51.8 Å². The van der Waals surface area contributed by atoms with Crippen LogP contribution in [0.25, 0.3) is 22.1 Å². The van der Waals surface area contributed by atoms with Crippen LogP contribution in [0.4, 0.5) is 15.3 Å². The van der Waals surface area contributed by atoms with E-state index in [-0.39, 0.29) is 60.7 Å². The summed E-state index contributed by atoms with van der Waals surface area (Å²) in [6.45, 7) is 9.99. The fraction of sp³-hybridized carbons (Fsp3) is 0.520. The van der Waals surface area contributed by atoms with Crippen molar-refractivity contribution in [2.24, 2.45) is 11.8 Å². The number of methoxy groups -OCH3 is 2. The molecule has 4 N–H and O–H groups in total. The summed E-state index contributed by atoms with van der Waals surface area (Å²) < 4.78 is 26.8. The SMILES string of the molecule is COC(=O)N[C@H](C(=O)N1CCC[C@H]1c1nc2ccc([C@H]3CC[C@H](c4ccc5nc([C@@H]6CCCN6C(=O)[C@@H](NC(=O)OC)C(C)C)[nH]c5c4)N3c3ccc(OC4COCOC4)cc3)cc2[nH]1)C(C)C. The smallest absolute Gasteiger partial charge is 0.407 e. The zero-order valence-corrected chi connectivity index (χ0v) is 39.7. The van der Waals surface area contributed by atoms with Gasteiger partial charge in [0.2, 0.25) is 11.8 Å². The van der Waals surface area contributed by atoms with Gasteiger partial charge in [0.15, 0.2) is 0 Å². The number of ether oxygens (including phenoxy) is 5. The van der Waals surface area contributed by atoms with Crippen LogP contribution in [0.3, 0.4) is 0 Å². The van der Waals surface area contributed by atoms with Crippen LogP contribution in [0.2, 0.25) is 0 Å². The third-order valence-electron chi connectivity index (χ3n) is 13.9. The summed E-state index contributed by atoms with van der Waals surface area (Å²) in [4.78, 5) is 75.6. The number of nitrogens with zero attached hydrogens (tertiary/aromatic N) is 5. The second-order valence-corrected chi connectivity index (χ2v) is 19.0. The molecule has 4 fully saturated rings. The lowest BCUT2D eigenvalue weighted by Crippen LogP contribution is -2.51. The van der Waals surface area contributed by atoms with Gasteiger partial charge in [-0.15, -0.1) is 0 Å². The molecule has 362 valence electrons. The highest BCUT2D eigenvalue weighted by Crippen LogP contribution is 2.48. The van der Waals surface area contributed by atoms with Gasteiger partial charge in [0.1, 0.15) is 42.4 Å². The molecule has 6 atom stereocenters. The molecule has 0 spiro atoms. The molecule has 0 radical (unpaired) electrons. The predicted molar refractivity (Wildman–Crippen MR) is 253 cm³/mol. The number of rotatable bonds is 13. The number of aromatic nitrogens is 4. The minimum Gasteiger partial charge on any atom is -0.486 e. The molecule has 18 heteroatoms. The van der Waals surface area contributed by atoms with Gasteiger partial charge in [-0.2, -0.15) is 0 Å². The van der Waals surface area contributed by atoms with E-state index >= 15 is 0 Å². The third kappa shape index (κ3) is 9.52. The average molecular weight is 934 g/mol. The van der Waals surface area contributed by atoms with Crippen molar-refractivity contribution < 1.29 is 42.9 Å². The van der Waals surface area contributed by atoms with Crippen LogP contribution < -0.4 is 20.3 Å². The number of benzene rings is 3. The molecule has 4 amide bonds. The van der Waals surface area contributed by atoms with Gasteiger partial charge < -0.3 is 59.0 Å². The Bertz CT molecular complexity index is 2460. The van der Waals surface area contributed by atoms with Gasteiger partial charge in [0.25, 0.3) is 0 Å². The Morgan fingerprint density at radius 3 is 1.56 bits per heavy atom. The van der Waals surface area contributed by atoms with Crippen molar-refractivity contribution in [3.8, 4) is 5.75 Å². The molecule has 0 aliphatic carbocycles. The minimum atomic E-state index is -0.721. The molecule has 4 aliphatic heterocycles. The van der Waals surface area contributed by atoms with Crippen LogP contribution in [-0.2, 0) is 28.5 Å². The summed E-state index contributed by atoms with van der Waals surface area (Å²) >= 11 is 0. The summed E-state index contributed by atoms with van der Waals surface area (Å²) in [5, 5.41) is 5.47. The van der Waals surface area contributed by atoms with Crippen LogP contribution in [0.1, 0.15) is 113 Å². The van der Waals surface area contributed by atoms with Crippen molar-refractivity contribution in [3.63, 3.8) is 0 Å². The van der Waals surface area contributed by atoms with E-state index in [0.717, 1.165) is 94.8 Å². The van der Waals surface area contributed by atoms with Crippen molar-refractivity contribution in [1.82, 2.24) is 40.4 Å². The molecule has 68 heavy (non-hydrogen) atoms. The summed E-state index contributed by atoms with van der Waals surface area (Å²) in [5.41, 5.74) is 6.71. The van der Waals surface area contributed by atoms with Gasteiger partial charge in [-0.1, -0.05) is 39.8 Å². The molecule has 4 saturated heterocycles. The highest BCUT2D eigenvalue weighted by atomic mass is 16.7. The zero-order chi connectivity index (χ0) is 47.6. The van der Waals surface area contributed by atoms with Gasteiger partial charge in [0.05, 0.1) is 73.7 Å². The van der Waals surface area contributed by atoms with E-state index < -0.39 is 24.3 Å². The molecular weight excluding hydrogens is 871 g/mol. The van der Waals surface area contributed by atoms with Crippen LogP contribution >= 0.6 is 0 Å². The van der Waals surface area contributed by atoms with E-state index in [2.05, 4.69) is 74.0 Å². The number of anilines is 1. The van der Waals surface area contributed by atoms with Gasteiger partial charge in [0, 0.05) is 18.8 Å². The molecule has 6 heterocycles. The van der Waals surface area contributed by atoms with E-state index in [1.807, 2.05) is 49.6 Å². The Labute approximate surface area is 395 Å². The number of H-pyrrole nitrogens is 2. The Hall–Kier alpha value is -6.40. The van der Waals surface area contributed by atoms with E-state index in [9.17, 15) is 19.2 Å². The number of imidazole rings is 2.